The number of likely N-dealkylation sites (tertiary alicyclic amines) is 2. The molecule has 32 heavy (non-hydrogen) atoms. The molecule has 2 saturated heterocycles. The molecule has 7 nitrogen and oxygen atoms in total. The van der Waals surface area contributed by atoms with Gasteiger partial charge in [-0.25, -0.2) is 15.0 Å². The van der Waals surface area contributed by atoms with E-state index in [2.05, 4.69) is 19.9 Å². The normalized spacial score (nSPS) is 20.3. The number of hydrogen-bond acceptors (Lipinski definition) is 5. The number of carbonyl (C=O) groups excluding carboxylic acids is 1. The second-order valence-corrected chi connectivity index (χ2v) is 9.47. The van der Waals surface area contributed by atoms with Crippen molar-refractivity contribution < 1.29 is 4.79 Å². The number of benzene rings is 1. The highest BCUT2D eigenvalue weighted by molar-refractivity contribution is 6.42. The fourth-order valence-electron chi connectivity index (χ4n) is 4.92. The van der Waals surface area contributed by atoms with E-state index in [4.69, 9.17) is 28.2 Å². The van der Waals surface area contributed by atoms with Crippen LogP contribution >= 0.6 is 23.2 Å². The van der Waals surface area contributed by atoms with E-state index in [1.807, 2.05) is 17.2 Å². The molecule has 1 N–H and O–H groups in total. The minimum Gasteiger partial charge on any atom is -0.340 e. The first-order chi connectivity index (χ1) is 15.6. The molecule has 9 heteroatoms. The number of imidazole rings is 1. The molecule has 168 valence electrons. The number of aromatic nitrogens is 4. The van der Waals surface area contributed by atoms with Crippen molar-refractivity contribution in [3.63, 3.8) is 0 Å². The number of nitrogens with zero attached hydrogens (tertiary/aromatic N) is 5. The molecule has 0 unspecified atom stereocenters. The summed E-state index contributed by atoms with van der Waals surface area (Å²) >= 11 is 12.3. The monoisotopic (exact) mass is 472 g/mol. The average Bonchev–Trinajstić information content (AvgIpc) is 3.46. The Morgan fingerprint density at radius 1 is 1.12 bits per heavy atom. The van der Waals surface area contributed by atoms with Crippen molar-refractivity contribution in [2.75, 3.05) is 26.2 Å². The van der Waals surface area contributed by atoms with Crippen LogP contribution in [0.1, 0.15) is 55.6 Å². The highest BCUT2D eigenvalue weighted by atomic mass is 35.5. The third-order valence-corrected chi connectivity index (χ3v) is 7.41. The minimum absolute atomic E-state index is 0.0176. The molecule has 0 bridgehead atoms. The fourth-order valence-corrected chi connectivity index (χ4v) is 5.25. The first-order valence-corrected chi connectivity index (χ1v) is 12.0. The predicted molar refractivity (Wildman–Crippen MR) is 125 cm³/mol. The number of nitrogens with one attached hydrogen (secondary N) is 1. The largest absolute Gasteiger partial charge is 0.340 e. The predicted octanol–water partition coefficient (Wildman–Crippen LogP) is 4.59. The van der Waals surface area contributed by atoms with Gasteiger partial charge in [-0.2, -0.15) is 0 Å². The van der Waals surface area contributed by atoms with Crippen molar-refractivity contribution in [1.29, 1.82) is 0 Å². The molecule has 2 aliphatic rings. The summed E-state index contributed by atoms with van der Waals surface area (Å²) in [7, 11) is 0. The Kier molecular flexibility index (Phi) is 6.31. The van der Waals surface area contributed by atoms with Crippen LogP contribution in [0.4, 0.5) is 0 Å². The van der Waals surface area contributed by atoms with Crippen LogP contribution in [0.5, 0.6) is 0 Å². The molecule has 0 radical (unpaired) electrons. The first kappa shape index (κ1) is 21.6. The summed E-state index contributed by atoms with van der Waals surface area (Å²) in [5.41, 5.74) is 2.75. The molecule has 0 spiro atoms. The van der Waals surface area contributed by atoms with Crippen LogP contribution in [0.3, 0.4) is 0 Å². The quantitative estimate of drug-likeness (QED) is 0.587. The van der Waals surface area contributed by atoms with E-state index >= 15 is 0 Å². The van der Waals surface area contributed by atoms with Gasteiger partial charge in [-0.05, 0) is 57.0 Å². The fraction of sp³-hybridized carbons (Fsp3) is 0.478. The van der Waals surface area contributed by atoms with Crippen LogP contribution in [0, 0.1) is 0 Å². The third-order valence-electron chi connectivity index (χ3n) is 6.68. The van der Waals surface area contributed by atoms with Gasteiger partial charge in [0, 0.05) is 37.3 Å². The summed E-state index contributed by atoms with van der Waals surface area (Å²) in [6, 6.07) is 5.56. The molecular formula is C23H26Cl2N6O. The maximum Gasteiger partial charge on any atom is 0.224 e. The molecule has 2 aromatic heterocycles. The second kappa shape index (κ2) is 9.33. The highest BCUT2D eigenvalue weighted by Crippen LogP contribution is 2.34. The number of amides is 1. The van der Waals surface area contributed by atoms with Crippen molar-refractivity contribution in [1.82, 2.24) is 29.7 Å². The van der Waals surface area contributed by atoms with E-state index in [9.17, 15) is 4.79 Å². The Morgan fingerprint density at radius 2 is 1.94 bits per heavy atom. The summed E-state index contributed by atoms with van der Waals surface area (Å²) < 4.78 is 0. The zero-order chi connectivity index (χ0) is 22.1. The standard InChI is InChI=1S/C23H26Cl2N6O/c24-16-12-19-20(13-17(16)25)29-23(28-19)21-2-1-8-31(21)22(32)6-11-30-9-4-15(5-10-30)18-3-7-26-14-27-18/h3,7,12-15,21H,1-2,4-6,8-11H2,(H,28,29)/t21-/m0/s1. The molecule has 5 rings (SSSR count). The van der Waals surface area contributed by atoms with Crippen molar-refractivity contribution >= 4 is 40.1 Å². The van der Waals surface area contributed by atoms with Crippen LogP contribution < -0.4 is 0 Å². The maximum absolute atomic E-state index is 13.1. The molecule has 1 amide bonds. The van der Waals surface area contributed by atoms with Crippen LogP contribution in [0.15, 0.2) is 30.7 Å². The lowest BCUT2D eigenvalue weighted by molar-refractivity contribution is -0.132. The molecule has 2 fully saturated rings. The summed E-state index contributed by atoms with van der Waals surface area (Å²) in [5.74, 6) is 1.50. The lowest BCUT2D eigenvalue weighted by atomic mass is 9.93. The summed E-state index contributed by atoms with van der Waals surface area (Å²) in [4.78, 5) is 33.9. The summed E-state index contributed by atoms with van der Waals surface area (Å²) in [6.45, 7) is 3.56. The van der Waals surface area contributed by atoms with E-state index in [0.717, 1.165) is 74.4 Å². The molecule has 1 aromatic carbocycles. The van der Waals surface area contributed by atoms with Gasteiger partial charge in [-0.15, -0.1) is 0 Å². The Labute approximate surface area is 197 Å². The SMILES string of the molecule is O=C(CCN1CCC(c2ccncn2)CC1)N1CCC[C@H]1c1nc2cc(Cl)c(Cl)cc2[nH]1. The van der Waals surface area contributed by atoms with Crippen molar-refractivity contribution in [2.24, 2.45) is 0 Å². The third kappa shape index (κ3) is 4.47. The van der Waals surface area contributed by atoms with Crippen LogP contribution in [0.2, 0.25) is 10.0 Å². The molecule has 2 aliphatic heterocycles. The number of carbonyl (C=O) groups is 1. The van der Waals surface area contributed by atoms with Crippen LogP contribution in [0.25, 0.3) is 11.0 Å². The Hall–Kier alpha value is -2.22. The number of aromatic amines is 1. The first-order valence-electron chi connectivity index (χ1n) is 11.2. The number of rotatable bonds is 5. The number of piperidine rings is 1. The van der Waals surface area contributed by atoms with Gasteiger partial charge in [0.25, 0.3) is 0 Å². The minimum atomic E-state index is -0.0176. The van der Waals surface area contributed by atoms with Crippen LogP contribution in [-0.4, -0.2) is 61.8 Å². The second-order valence-electron chi connectivity index (χ2n) is 8.65. The number of fused-ring (bicyclic) bond motifs is 1. The molecular weight excluding hydrogens is 447 g/mol. The van der Waals surface area contributed by atoms with E-state index in [1.54, 1.807) is 18.5 Å². The van der Waals surface area contributed by atoms with Gasteiger partial charge in [0.2, 0.25) is 5.91 Å². The van der Waals surface area contributed by atoms with Gasteiger partial charge in [0.15, 0.2) is 0 Å². The summed E-state index contributed by atoms with van der Waals surface area (Å²) in [5, 5.41) is 0.984. The van der Waals surface area contributed by atoms with Gasteiger partial charge in [0.05, 0.1) is 27.1 Å². The van der Waals surface area contributed by atoms with Gasteiger partial charge in [-0.1, -0.05) is 23.2 Å². The smallest absolute Gasteiger partial charge is 0.224 e. The zero-order valence-corrected chi connectivity index (χ0v) is 19.3. The topological polar surface area (TPSA) is 78.0 Å². The zero-order valence-electron chi connectivity index (χ0n) is 17.8. The Bertz CT molecular complexity index is 1060. The Balaban J connectivity index is 1.18. The van der Waals surface area contributed by atoms with Gasteiger partial charge < -0.3 is 14.8 Å². The Morgan fingerprint density at radius 3 is 2.72 bits per heavy atom. The van der Waals surface area contributed by atoms with Crippen molar-refractivity contribution in [3.05, 3.63) is 52.3 Å². The van der Waals surface area contributed by atoms with E-state index in [-0.39, 0.29) is 11.9 Å². The van der Waals surface area contributed by atoms with E-state index in [0.29, 0.717) is 22.4 Å². The maximum atomic E-state index is 13.1. The average molecular weight is 473 g/mol. The molecule has 0 aliphatic carbocycles. The molecule has 1 atom stereocenters. The lowest BCUT2D eigenvalue weighted by Gasteiger charge is -2.32. The molecule has 0 saturated carbocycles. The van der Waals surface area contributed by atoms with Crippen molar-refractivity contribution in [2.45, 2.75) is 44.1 Å². The molecule has 3 aromatic rings. The van der Waals surface area contributed by atoms with E-state index < -0.39 is 0 Å². The number of halogens is 2. The number of H-pyrrole nitrogens is 1. The van der Waals surface area contributed by atoms with Gasteiger partial charge >= 0.3 is 0 Å². The lowest BCUT2D eigenvalue weighted by Crippen LogP contribution is -2.38. The number of hydrogen-bond donors (Lipinski definition) is 1. The highest BCUT2D eigenvalue weighted by Gasteiger charge is 2.32. The van der Waals surface area contributed by atoms with Gasteiger partial charge in [-0.3, -0.25) is 4.79 Å². The molecule has 4 heterocycles. The van der Waals surface area contributed by atoms with Crippen molar-refractivity contribution in [3.8, 4) is 0 Å². The summed E-state index contributed by atoms with van der Waals surface area (Å²) in [6.07, 6.45) is 8.01. The van der Waals surface area contributed by atoms with Crippen LogP contribution in [-0.2, 0) is 4.79 Å². The van der Waals surface area contributed by atoms with Gasteiger partial charge in [0.1, 0.15) is 12.2 Å². The van der Waals surface area contributed by atoms with E-state index in [1.165, 1.54) is 0 Å².